The fourth-order valence-electron chi connectivity index (χ4n) is 2.24. The van der Waals surface area contributed by atoms with Crippen molar-refractivity contribution in [3.05, 3.63) is 18.2 Å². The first-order valence-electron chi connectivity index (χ1n) is 7.14. The maximum Gasteiger partial charge on any atom is 0.229 e. The maximum atomic E-state index is 12.0. The first kappa shape index (κ1) is 20.5. The van der Waals surface area contributed by atoms with Gasteiger partial charge in [-0.05, 0) is 12.1 Å². The summed E-state index contributed by atoms with van der Waals surface area (Å²) in [5.41, 5.74) is 0.845. The number of sulfonamides is 1. The Morgan fingerprint density at radius 2 is 2.21 bits per heavy atom. The summed E-state index contributed by atoms with van der Waals surface area (Å²) in [6.45, 7) is 1.90. The second-order valence-corrected chi connectivity index (χ2v) is 7.02. The molecule has 8 nitrogen and oxygen atoms in total. The number of carbonyl (C=O) groups is 1. The quantitative estimate of drug-likeness (QED) is 0.675. The van der Waals surface area contributed by atoms with Gasteiger partial charge >= 0.3 is 0 Å². The lowest BCUT2D eigenvalue weighted by Crippen LogP contribution is -2.43. The topological polar surface area (TPSA) is 106 Å². The molecule has 1 atom stereocenters. The van der Waals surface area contributed by atoms with Crippen LogP contribution >= 0.6 is 12.4 Å². The fraction of sp³-hybridized carbons (Fsp3) is 0.500. The normalized spacial score (nSPS) is 17.5. The Bertz CT molecular complexity index is 662. The highest BCUT2D eigenvalue weighted by molar-refractivity contribution is 7.92. The van der Waals surface area contributed by atoms with Gasteiger partial charge in [0.1, 0.15) is 5.75 Å². The lowest BCUT2D eigenvalue weighted by Gasteiger charge is -2.23. The molecular weight excluding hydrogens is 358 g/mol. The van der Waals surface area contributed by atoms with E-state index in [0.717, 1.165) is 12.8 Å². The minimum atomic E-state index is -3.40. The van der Waals surface area contributed by atoms with Gasteiger partial charge in [-0.1, -0.05) is 0 Å². The van der Waals surface area contributed by atoms with Crippen LogP contribution in [0.2, 0.25) is 0 Å². The summed E-state index contributed by atoms with van der Waals surface area (Å²) in [5.74, 6) is 0.172. The summed E-state index contributed by atoms with van der Waals surface area (Å²) >= 11 is 0. The third-order valence-electron chi connectivity index (χ3n) is 3.21. The van der Waals surface area contributed by atoms with Gasteiger partial charge in [-0.25, -0.2) is 8.42 Å². The van der Waals surface area contributed by atoms with E-state index >= 15 is 0 Å². The number of nitrogens with one attached hydrogen (secondary N) is 3. The van der Waals surface area contributed by atoms with Gasteiger partial charge in [-0.3, -0.25) is 9.52 Å². The third-order valence-corrected chi connectivity index (χ3v) is 3.80. The Labute approximate surface area is 147 Å². The smallest absolute Gasteiger partial charge is 0.229 e. The van der Waals surface area contributed by atoms with Gasteiger partial charge < -0.3 is 20.1 Å². The van der Waals surface area contributed by atoms with E-state index in [0.29, 0.717) is 36.8 Å². The summed E-state index contributed by atoms with van der Waals surface area (Å²) in [6, 6.07) is 4.71. The number of hydrogen-bond acceptors (Lipinski definition) is 6. The number of anilines is 2. The highest BCUT2D eigenvalue weighted by Gasteiger charge is 2.17. The first-order valence-corrected chi connectivity index (χ1v) is 9.03. The number of amides is 1. The Balaban J connectivity index is 0.00000288. The van der Waals surface area contributed by atoms with E-state index in [1.807, 2.05) is 0 Å². The third kappa shape index (κ3) is 6.52. The molecule has 1 aliphatic heterocycles. The van der Waals surface area contributed by atoms with Crippen molar-refractivity contribution >= 4 is 39.7 Å². The van der Waals surface area contributed by atoms with E-state index in [1.54, 1.807) is 12.1 Å². The summed E-state index contributed by atoms with van der Waals surface area (Å²) in [6.07, 6.45) is 1.35. The molecule has 1 saturated heterocycles. The highest BCUT2D eigenvalue weighted by atomic mass is 35.5. The SMILES string of the molecule is COc1cc(NC(=O)CC2COCCN2)ccc1NS(C)(=O)=O.Cl. The van der Waals surface area contributed by atoms with E-state index in [-0.39, 0.29) is 24.4 Å². The zero-order valence-corrected chi connectivity index (χ0v) is 15.1. The molecule has 1 unspecified atom stereocenters. The molecule has 136 valence electrons. The number of rotatable bonds is 6. The molecule has 1 aromatic rings. The molecule has 2 rings (SSSR count). The van der Waals surface area contributed by atoms with Crippen molar-refractivity contribution in [2.45, 2.75) is 12.5 Å². The molecule has 1 heterocycles. The van der Waals surface area contributed by atoms with Crippen molar-refractivity contribution in [2.75, 3.05) is 43.2 Å². The van der Waals surface area contributed by atoms with Crippen molar-refractivity contribution in [3.8, 4) is 5.75 Å². The van der Waals surface area contributed by atoms with Crippen LogP contribution in [0.25, 0.3) is 0 Å². The van der Waals surface area contributed by atoms with Crippen molar-refractivity contribution in [2.24, 2.45) is 0 Å². The lowest BCUT2D eigenvalue weighted by molar-refractivity contribution is -0.117. The van der Waals surface area contributed by atoms with Gasteiger partial charge in [0.2, 0.25) is 15.9 Å². The van der Waals surface area contributed by atoms with Crippen LogP contribution in [-0.4, -0.2) is 53.5 Å². The molecule has 0 bridgehead atoms. The predicted molar refractivity (Wildman–Crippen MR) is 94.6 cm³/mol. The number of morpholine rings is 1. The summed E-state index contributed by atoms with van der Waals surface area (Å²) in [7, 11) is -1.98. The average molecular weight is 380 g/mol. The molecule has 0 aliphatic carbocycles. The number of ether oxygens (including phenoxy) is 2. The van der Waals surface area contributed by atoms with Crippen LogP contribution in [0.4, 0.5) is 11.4 Å². The van der Waals surface area contributed by atoms with E-state index < -0.39 is 10.0 Å². The van der Waals surface area contributed by atoms with Crippen LogP contribution in [0.3, 0.4) is 0 Å². The Morgan fingerprint density at radius 1 is 1.46 bits per heavy atom. The molecule has 24 heavy (non-hydrogen) atoms. The summed E-state index contributed by atoms with van der Waals surface area (Å²) in [4.78, 5) is 12.0. The van der Waals surface area contributed by atoms with Gasteiger partial charge in [0.05, 0.1) is 32.3 Å². The van der Waals surface area contributed by atoms with Crippen LogP contribution in [0.5, 0.6) is 5.75 Å². The first-order chi connectivity index (χ1) is 10.9. The van der Waals surface area contributed by atoms with Gasteiger partial charge in [-0.15, -0.1) is 12.4 Å². The van der Waals surface area contributed by atoms with Crippen molar-refractivity contribution < 1.29 is 22.7 Å². The highest BCUT2D eigenvalue weighted by Crippen LogP contribution is 2.28. The van der Waals surface area contributed by atoms with Crippen LogP contribution in [0.15, 0.2) is 18.2 Å². The van der Waals surface area contributed by atoms with Crippen molar-refractivity contribution in [1.82, 2.24) is 5.32 Å². The second kappa shape index (κ2) is 9.07. The second-order valence-electron chi connectivity index (χ2n) is 5.27. The number of carbonyl (C=O) groups excluding carboxylic acids is 1. The van der Waals surface area contributed by atoms with Crippen LogP contribution < -0.4 is 20.1 Å². The molecule has 0 saturated carbocycles. The van der Waals surface area contributed by atoms with Crippen LogP contribution in [-0.2, 0) is 19.6 Å². The maximum absolute atomic E-state index is 12.0. The number of benzene rings is 1. The van der Waals surface area contributed by atoms with Crippen molar-refractivity contribution in [1.29, 1.82) is 0 Å². The van der Waals surface area contributed by atoms with E-state index in [2.05, 4.69) is 15.4 Å². The van der Waals surface area contributed by atoms with E-state index in [4.69, 9.17) is 9.47 Å². The summed E-state index contributed by atoms with van der Waals surface area (Å²) in [5, 5.41) is 5.97. The largest absolute Gasteiger partial charge is 0.494 e. The zero-order chi connectivity index (χ0) is 16.9. The molecule has 10 heteroatoms. The van der Waals surface area contributed by atoms with Gasteiger partial charge in [0.25, 0.3) is 0 Å². The number of methoxy groups -OCH3 is 1. The standard InChI is InChI=1S/C14H21N3O5S.ClH/c1-21-13-7-10(3-4-12(13)17-23(2,19)20)16-14(18)8-11-9-22-6-5-15-11;/h3-4,7,11,15,17H,5-6,8-9H2,1-2H3,(H,16,18);1H. The molecule has 1 fully saturated rings. The van der Waals surface area contributed by atoms with Crippen LogP contribution in [0.1, 0.15) is 6.42 Å². The molecule has 1 aromatic carbocycles. The molecule has 1 aliphatic rings. The molecule has 0 aromatic heterocycles. The molecule has 1 amide bonds. The number of halogens is 1. The minimum Gasteiger partial charge on any atom is -0.494 e. The van der Waals surface area contributed by atoms with Gasteiger partial charge in [0.15, 0.2) is 0 Å². The molecular formula is C14H22ClN3O5S. The monoisotopic (exact) mass is 379 g/mol. The average Bonchev–Trinajstić information content (AvgIpc) is 2.48. The van der Waals surface area contributed by atoms with Crippen molar-refractivity contribution in [3.63, 3.8) is 0 Å². The molecule has 3 N–H and O–H groups in total. The Morgan fingerprint density at radius 3 is 2.79 bits per heavy atom. The van der Waals surface area contributed by atoms with E-state index in [9.17, 15) is 13.2 Å². The fourth-order valence-corrected chi connectivity index (χ4v) is 2.81. The predicted octanol–water partition coefficient (Wildman–Crippen LogP) is 0.805. The lowest BCUT2D eigenvalue weighted by atomic mass is 10.2. The van der Waals surface area contributed by atoms with Gasteiger partial charge in [0, 0.05) is 30.8 Å². The number of hydrogen-bond donors (Lipinski definition) is 3. The Hall–Kier alpha value is -1.55. The van der Waals surface area contributed by atoms with Crippen LogP contribution in [0, 0.1) is 0 Å². The Kier molecular flexibility index (Phi) is 7.74. The minimum absolute atomic E-state index is 0. The summed E-state index contributed by atoms with van der Waals surface area (Å²) < 4.78 is 35.4. The molecule has 0 spiro atoms. The van der Waals surface area contributed by atoms with Gasteiger partial charge in [-0.2, -0.15) is 0 Å². The van der Waals surface area contributed by atoms with E-state index in [1.165, 1.54) is 13.2 Å². The molecule has 0 radical (unpaired) electrons. The zero-order valence-electron chi connectivity index (χ0n) is 13.5.